The van der Waals surface area contributed by atoms with Crippen LogP contribution in [0.4, 0.5) is 5.69 Å². The average molecular weight is 271 g/mol. The predicted molar refractivity (Wildman–Crippen MR) is 80.9 cm³/mol. The number of likely N-dealkylation sites (N-methyl/N-ethyl adjacent to an activating group) is 1. The summed E-state index contributed by atoms with van der Waals surface area (Å²) < 4.78 is 1.78. The molecule has 4 heteroatoms. The minimum Gasteiger partial charge on any atom is -0.312 e. The molecule has 0 aliphatic carbocycles. The van der Waals surface area contributed by atoms with E-state index >= 15 is 0 Å². The van der Waals surface area contributed by atoms with Gasteiger partial charge < -0.3 is 4.90 Å². The maximum absolute atomic E-state index is 12.5. The van der Waals surface area contributed by atoms with Crippen LogP contribution in [0.2, 0.25) is 0 Å². The van der Waals surface area contributed by atoms with E-state index in [1.807, 2.05) is 63.1 Å². The van der Waals surface area contributed by atoms with Crippen molar-refractivity contribution in [1.29, 1.82) is 0 Å². The number of hydrogen-bond acceptors (Lipinski definition) is 2. The Balaban J connectivity index is 2.19. The Morgan fingerprint density at radius 1 is 1.30 bits per heavy atom. The van der Waals surface area contributed by atoms with Crippen LogP contribution in [0.5, 0.6) is 0 Å². The van der Waals surface area contributed by atoms with Gasteiger partial charge in [0.2, 0.25) is 5.91 Å². The summed E-state index contributed by atoms with van der Waals surface area (Å²) in [5.74, 6) is 0.0982. The first-order valence-corrected chi connectivity index (χ1v) is 6.87. The molecule has 0 bridgehead atoms. The molecule has 20 heavy (non-hydrogen) atoms. The molecule has 4 nitrogen and oxygen atoms in total. The maximum atomic E-state index is 12.5. The van der Waals surface area contributed by atoms with Gasteiger partial charge in [0.05, 0.1) is 12.1 Å². The summed E-state index contributed by atoms with van der Waals surface area (Å²) in [6.45, 7) is 6.63. The number of aryl methyl sites for hydroxylation is 3. The lowest BCUT2D eigenvalue weighted by Gasteiger charge is -2.21. The van der Waals surface area contributed by atoms with E-state index in [1.54, 1.807) is 4.68 Å². The third-order valence-electron chi connectivity index (χ3n) is 3.36. The molecular weight excluding hydrogens is 250 g/mol. The second kappa shape index (κ2) is 5.90. The van der Waals surface area contributed by atoms with E-state index in [4.69, 9.17) is 0 Å². The van der Waals surface area contributed by atoms with Crippen molar-refractivity contribution in [3.63, 3.8) is 0 Å². The number of nitrogens with zero attached hydrogens (tertiary/aromatic N) is 3. The van der Waals surface area contributed by atoms with Gasteiger partial charge in [-0.3, -0.25) is 9.48 Å². The van der Waals surface area contributed by atoms with Gasteiger partial charge in [0.1, 0.15) is 0 Å². The smallest absolute Gasteiger partial charge is 0.232 e. The van der Waals surface area contributed by atoms with Crippen LogP contribution in [0, 0.1) is 13.8 Å². The Kier molecular flexibility index (Phi) is 4.23. The van der Waals surface area contributed by atoms with Gasteiger partial charge >= 0.3 is 0 Å². The largest absolute Gasteiger partial charge is 0.312 e. The molecule has 106 valence electrons. The standard InChI is InChI=1S/C16H21N3O/c1-5-19(14-8-6-7-12(2)9-14)16(20)11-15-10-13(3)17-18(15)4/h6-10H,5,11H2,1-4H3. The lowest BCUT2D eigenvalue weighted by Crippen LogP contribution is -2.32. The van der Waals surface area contributed by atoms with Crippen LogP contribution in [-0.4, -0.2) is 22.2 Å². The number of aromatic nitrogens is 2. The molecule has 0 unspecified atom stereocenters. The highest BCUT2D eigenvalue weighted by molar-refractivity contribution is 5.94. The zero-order valence-electron chi connectivity index (χ0n) is 12.6. The van der Waals surface area contributed by atoms with Gasteiger partial charge in [-0.2, -0.15) is 5.10 Å². The summed E-state index contributed by atoms with van der Waals surface area (Å²) in [7, 11) is 1.87. The normalized spacial score (nSPS) is 10.6. The minimum atomic E-state index is 0.0982. The Morgan fingerprint density at radius 3 is 2.60 bits per heavy atom. The molecule has 2 rings (SSSR count). The van der Waals surface area contributed by atoms with Crippen LogP contribution in [-0.2, 0) is 18.3 Å². The lowest BCUT2D eigenvalue weighted by atomic mass is 10.2. The van der Waals surface area contributed by atoms with E-state index in [0.717, 1.165) is 22.6 Å². The molecule has 0 saturated heterocycles. The maximum Gasteiger partial charge on any atom is 0.232 e. The van der Waals surface area contributed by atoms with E-state index in [-0.39, 0.29) is 5.91 Å². The van der Waals surface area contributed by atoms with Crippen LogP contribution in [0.3, 0.4) is 0 Å². The van der Waals surface area contributed by atoms with Crippen molar-refractivity contribution in [3.05, 3.63) is 47.3 Å². The van der Waals surface area contributed by atoms with Gasteiger partial charge in [0.15, 0.2) is 0 Å². The molecular formula is C16H21N3O. The number of hydrogen-bond donors (Lipinski definition) is 0. The highest BCUT2D eigenvalue weighted by Crippen LogP contribution is 2.17. The number of anilines is 1. The van der Waals surface area contributed by atoms with E-state index in [0.29, 0.717) is 13.0 Å². The molecule has 1 aromatic heterocycles. The first-order chi connectivity index (χ1) is 9.51. The fourth-order valence-electron chi connectivity index (χ4n) is 2.38. The predicted octanol–water partition coefficient (Wildman–Crippen LogP) is 2.63. The molecule has 0 spiro atoms. The van der Waals surface area contributed by atoms with Crippen molar-refractivity contribution in [1.82, 2.24) is 9.78 Å². The van der Waals surface area contributed by atoms with Crippen LogP contribution >= 0.6 is 0 Å². The van der Waals surface area contributed by atoms with Crippen molar-refractivity contribution in [2.24, 2.45) is 7.05 Å². The van der Waals surface area contributed by atoms with Crippen LogP contribution in [0.15, 0.2) is 30.3 Å². The van der Waals surface area contributed by atoms with E-state index in [1.165, 1.54) is 0 Å². The Hall–Kier alpha value is -2.10. The molecule has 1 heterocycles. The molecule has 1 amide bonds. The molecule has 0 aliphatic heterocycles. The quantitative estimate of drug-likeness (QED) is 0.857. The van der Waals surface area contributed by atoms with Crippen LogP contribution in [0.25, 0.3) is 0 Å². The molecule has 0 N–H and O–H groups in total. The monoisotopic (exact) mass is 271 g/mol. The van der Waals surface area contributed by atoms with Crippen molar-refractivity contribution in [2.45, 2.75) is 27.2 Å². The van der Waals surface area contributed by atoms with Crippen molar-refractivity contribution < 1.29 is 4.79 Å². The minimum absolute atomic E-state index is 0.0982. The summed E-state index contributed by atoms with van der Waals surface area (Å²) in [6.07, 6.45) is 0.374. The summed E-state index contributed by atoms with van der Waals surface area (Å²) in [4.78, 5) is 14.3. The highest BCUT2D eigenvalue weighted by Gasteiger charge is 2.16. The van der Waals surface area contributed by atoms with Gasteiger partial charge in [-0.25, -0.2) is 0 Å². The third-order valence-corrected chi connectivity index (χ3v) is 3.36. The topological polar surface area (TPSA) is 38.1 Å². The summed E-state index contributed by atoms with van der Waals surface area (Å²) >= 11 is 0. The SMILES string of the molecule is CCN(C(=O)Cc1cc(C)nn1C)c1cccc(C)c1. The fourth-order valence-corrected chi connectivity index (χ4v) is 2.38. The number of amides is 1. The van der Waals surface area contributed by atoms with Gasteiger partial charge in [0, 0.05) is 25.0 Å². The van der Waals surface area contributed by atoms with Gasteiger partial charge in [-0.1, -0.05) is 12.1 Å². The van der Waals surface area contributed by atoms with E-state index in [2.05, 4.69) is 5.10 Å². The molecule has 0 saturated carbocycles. The summed E-state index contributed by atoms with van der Waals surface area (Å²) in [5.41, 5.74) is 3.99. The number of carbonyl (C=O) groups is 1. The van der Waals surface area contributed by atoms with Crippen molar-refractivity contribution in [2.75, 3.05) is 11.4 Å². The Morgan fingerprint density at radius 2 is 2.05 bits per heavy atom. The molecule has 0 atom stereocenters. The Labute approximate surface area is 120 Å². The van der Waals surface area contributed by atoms with Crippen molar-refractivity contribution in [3.8, 4) is 0 Å². The summed E-state index contributed by atoms with van der Waals surface area (Å²) in [6, 6.07) is 9.99. The highest BCUT2D eigenvalue weighted by atomic mass is 16.2. The van der Waals surface area contributed by atoms with Gasteiger partial charge in [-0.15, -0.1) is 0 Å². The number of benzene rings is 1. The van der Waals surface area contributed by atoms with Gasteiger partial charge in [0.25, 0.3) is 0 Å². The average Bonchev–Trinajstić information content (AvgIpc) is 2.68. The molecule has 2 aromatic rings. The zero-order valence-corrected chi connectivity index (χ0v) is 12.6. The lowest BCUT2D eigenvalue weighted by molar-refractivity contribution is -0.118. The first-order valence-electron chi connectivity index (χ1n) is 6.87. The molecule has 1 aromatic carbocycles. The molecule has 0 fully saturated rings. The van der Waals surface area contributed by atoms with E-state index in [9.17, 15) is 4.79 Å². The second-order valence-corrected chi connectivity index (χ2v) is 5.05. The molecule has 0 aliphatic rings. The number of rotatable bonds is 4. The van der Waals surface area contributed by atoms with Gasteiger partial charge in [-0.05, 0) is 44.5 Å². The fraction of sp³-hybridized carbons (Fsp3) is 0.375. The van der Waals surface area contributed by atoms with Crippen molar-refractivity contribution >= 4 is 11.6 Å². The molecule has 0 radical (unpaired) electrons. The second-order valence-electron chi connectivity index (χ2n) is 5.05. The van der Waals surface area contributed by atoms with Crippen LogP contribution < -0.4 is 4.90 Å². The first kappa shape index (κ1) is 14.3. The number of carbonyl (C=O) groups excluding carboxylic acids is 1. The third kappa shape index (κ3) is 3.07. The zero-order chi connectivity index (χ0) is 14.7. The van der Waals surface area contributed by atoms with E-state index < -0.39 is 0 Å². The van der Waals surface area contributed by atoms with Crippen LogP contribution in [0.1, 0.15) is 23.9 Å². The summed E-state index contributed by atoms with van der Waals surface area (Å²) in [5, 5.41) is 4.28. The Bertz CT molecular complexity index is 616.